The highest BCUT2D eigenvalue weighted by molar-refractivity contribution is 6.31. The molecule has 2 fully saturated rings. The minimum atomic E-state index is -0.516. The third-order valence-corrected chi connectivity index (χ3v) is 5.88. The molecule has 1 spiro atoms. The fourth-order valence-corrected chi connectivity index (χ4v) is 4.23. The molecule has 146 valence electrons. The normalized spacial score (nSPS) is 22.5. The van der Waals surface area contributed by atoms with Gasteiger partial charge in [-0.3, -0.25) is 9.59 Å². The fourth-order valence-electron chi connectivity index (χ4n) is 4.03. The number of amides is 2. The van der Waals surface area contributed by atoms with Crippen molar-refractivity contribution in [2.75, 3.05) is 31.1 Å². The molecule has 2 aliphatic rings. The molecule has 28 heavy (non-hydrogen) atoms. The van der Waals surface area contributed by atoms with Crippen LogP contribution in [0.25, 0.3) is 0 Å². The van der Waals surface area contributed by atoms with Crippen LogP contribution in [-0.4, -0.2) is 48.6 Å². The summed E-state index contributed by atoms with van der Waals surface area (Å²) in [5.41, 5.74) is 1.19. The maximum absolute atomic E-state index is 12.9. The second kappa shape index (κ2) is 7.94. The SMILES string of the molecule is O=C(Cc1ccccc1Cl)N1CCCC2(C1)CN(c1ccccc1)C(=O)CO2. The average molecular weight is 399 g/mol. The molecular formula is C22H23ClN2O3. The largest absolute Gasteiger partial charge is 0.361 e. The first-order valence-electron chi connectivity index (χ1n) is 9.57. The predicted molar refractivity (Wildman–Crippen MR) is 108 cm³/mol. The molecule has 0 aliphatic carbocycles. The van der Waals surface area contributed by atoms with Gasteiger partial charge in [-0.25, -0.2) is 0 Å². The number of likely N-dealkylation sites (tertiary alicyclic amines) is 1. The quantitative estimate of drug-likeness (QED) is 0.797. The summed E-state index contributed by atoms with van der Waals surface area (Å²) in [6.07, 6.45) is 1.96. The van der Waals surface area contributed by atoms with Gasteiger partial charge in [-0.15, -0.1) is 0 Å². The summed E-state index contributed by atoms with van der Waals surface area (Å²) >= 11 is 6.21. The van der Waals surface area contributed by atoms with Gasteiger partial charge in [0.15, 0.2) is 0 Å². The van der Waals surface area contributed by atoms with Gasteiger partial charge >= 0.3 is 0 Å². The van der Waals surface area contributed by atoms with Crippen LogP contribution >= 0.6 is 11.6 Å². The predicted octanol–water partition coefficient (Wildman–Crippen LogP) is 3.31. The monoisotopic (exact) mass is 398 g/mol. The van der Waals surface area contributed by atoms with Crippen LogP contribution in [0.15, 0.2) is 54.6 Å². The van der Waals surface area contributed by atoms with E-state index >= 15 is 0 Å². The van der Waals surface area contributed by atoms with E-state index in [1.54, 1.807) is 11.0 Å². The molecule has 0 aromatic heterocycles. The first kappa shape index (κ1) is 19.0. The minimum Gasteiger partial charge on any atom is -0.361 e. The van der Waals surface area contributed by atoms with Crippen molar-refractivity contribution in [3.8, 4) is 0 Å². The van der Waals surface area contributed by atoms with Crippen LogP contribution in [0.3, 0.4) is 0 Å². The van der Waals surface area contributed by atoms with Gasteiger partial charge in [0.25, 0.3) is 5.91 Å². The summed E-state index contributed by atoms with van der Waals surface area (Å²) in [7, 11) is 0. The molecule has 5 nitrogen and oxygen atoms in total. The van der Waals surface area contributed by atoms with E-state index < -0.39 is 5.60 Å². The molecule has 0 radical (unpaired) electrons. The van der Waals surface area contributed by atoms with Crippen LogP contribution in [0.2, 0.25) is 5.02 Å². The minimum absolute atomic E-state index is 0.0407. The van der Waals surface area contributed by atoms with Gasteiger partial charge in [0.2, 0.25) is 5.91 Å². The number of hydrogen-bond donors (Lipinski definition) is 0. The summed E-state index contributed by atoms with van der Waals surface area (Å²) in [4.78, 5) is 28.9. The highest BCUT2D eigenvalue weighted by atomic mass is 35.5. The second-order valence-electron chi connectivity index (χ2n) is 7.47. The van der Waals surface area contributed by atoms with Crippen LogP contribution in [0.4, 0.5) is 5.69 Å². The van der Waals surface area contributed by atoms with Crippen molar-refractivity contribution in [3.05, 3.63) is 65.2 Å². The summed E-state index contributed by atoms with van der Waals surface area (Å²) in [6, 6.07) is 17.1. The highest BCUT2D eigenvalue weighted by Crippen LogP contribution is 2.32. The number of halogens is 1. The number of rotatable bonds is 3. The number of anilines is 1. The van der Waals surface area contributed by atoms with Gasteiger partial charge in [0.1, 0.15) is 12.2 Å². The van der Waals surface area contributed by atoms with Gasteiger partial charge in [0.05, 0.1) is 19.5 Å². The highest BCUT2D eigenvalue weighted by Gasteiger charge is 2.44. The number of nitrogens with zero attached hydrogens (tertiary/aromatic N) is 2. The number of carbonyl (C=O) groups excluding carboxylic acids is 2. The summed E-state index contributed by atoms with van der Waals surface area (Å²) < 4.78 is 6.01. The van der Waals surface area contributed by atoms with E-state index in [1.807, 2.05) is 53.4 Å². The maximum Gasteiger partial charge on any atom is 0.253 e. The number of carbonyl (C=O) groups is 2. The van der Waals surface area contributed by atoms with Gasteiger partial charge < -0.3 is 14.5 Å². The van der Waals surface area contributed by atoms with Crippen LogP contribution in [0.1, 0.15) is 18.4 Å². The second-order valence-corrected chi connectivity index (χ2v) is 7.88. The maximum atomic E-state index is 12.9. The summed E-state index contributed by atoms with van der Waals surface area (Å²) in [6.45, 7) is 1.70. The summed E-state index contributed by atoms with van der Waals surface area (Å²) in [5.74, 6) is -0.00437. The zero-order chi connectivity index (χ0) is 19.6. The first-order valence-corrected chi connectivity index (χ1v) is 9.95. The van der Waals surface area contributed by atoms with E-state index in [9.17, 15) is 9.59 Å². The Morgan fingerprint density at radius 3 is 2.61 bits per heavy atom. The van der Waals surface area contributed by atoms with E-state index in [-0.39, 0.29) is 24.8 Å². The lowest BCUT2D eigenvalue weighted by atomic mass is 9.90. The van der Waals surface area contributed by atoms with Crippen LogP contribution in [0, 0.1) is 0 Å². The van der Waals surface area contributed by atoms with Gasteiger partial charge in [0, 0.05) is 17.3 Å². The molecule has 2 aliphatic heterocycles. The van der Waals surface area contributed by atoms with E-state index in [4.69, 9.17) is 16.3 Å². The number of ether oxygens (including phenoxy) is 1. The Balaban J connectivity index is 1.49. The Labute approximate surface area is 169 Å². The Morgan fingerprint density at radius 2 is 1.82 bits per heavy atom. The van der Waals surface area contributed by atoms with E-state index in [0.717, 1.165) is 24.1 Å². The summed E-state index contributed by atoms with van der Waals surface area (Å²) in [5, 5.41) is 0.609. The average Bonchev–Trinajstić information content (AvgIpc) is 2.72. The molecule has 2 aromatic carbocycles. The van der Waals surface area contributed by atoms with Crippen molar-refractivity contribution in [1.29, 1.82) is 0 Å². The lowest BCUT2D eigenvalue weighted by Crippen LogP contribution is -2.62. The number of morpholine rings is 1. The molecule has 2 heterocycles. The molecule has 1 unspecified atom stereocenters. The third kappa shape index (κ3) is 3.91. The van der Waals surface area contributed by atoms with Crippen LogP contribution in [0.5, 0.6) is 0 Å². The Bertz CT molecular complexity index is 873. The number of para-hydroxylation sites is 1. The Kier molecular flexibility index (Phi) is 5.38. The molecule has 1 atom stereocenters. The van der Waals surface area contributed by atoms with Crippen LogP contribution < -0.4 is 4.90 Å². The standard InChI is InChI=1S/C22H23ClN2O3/c23-19-10-5-4-7-17(19)13-20(26)24-12-6-11-22(15-24)16-25(21(27)14-28-22)18-8-2-1-3-9-18/h1-5,7-10H,6,11-16H2. The Morgan fingerprint density at radius 1 is 1.07 bits per heavy atom. The Hall–Kier alpha value is -2.37. The van der Waals surface area contributed by atoms with E-state index in [1.165, 1.54) is 0 Å². The molecule has 0 bridgehead atoms. The zero-order valence-electron chi connectivity index (χ0n) is 15.6. The number of hydrogen-bond acceptors (Lipinski definition) is 3. The molecule has 2 saturated heterocycles. The van der Waals surface area contributed by atoms with E-state index in [0.29, 0.717) is 24.7 Å². The lowest BCUT2D eigenvalue weighted by molar-refractivity contribution is -0.153. The van der Waals surface area contributed by atoms with Gasteiger partial charge in [-0.2, -0.15) is 0 Å². The number of benzene rings is 2. The number of piperidine rings is 1. The van der Waals surface area contributed by atoms with Crippen LogP contribution in [-0.2, 0) is 20.7 Å². The fraction of sp³-hybridized carbons (Fsp3) is 0.364. The van der Waals surface area contributed by atoms with Crippen molar-refractivity contribution in [2.45, 2.75) is 24.9 Å². The smallest absolute Gasteiger partial charge is 0.253 e. The molecular weight excluding hydrogens is 376 g/mol. The molecule has 0 saturated carbocycles. The van der Waals surface area contributed by atoms with Crippen molar-refractivity contribution < 1.29 is 14.3 Å². The van der Waals surface area contributed by atoms with Crippen molar-refractivity contribution in [1.82, 2.24) is 4.90 Å². The van der Waals surface area contributed by atoms with Crippen molar-refractivity contribution in [3.63, 3.8) is 0 Å². The van der Waals surface area contributed by atoms with Gasteiger partial charge in [-0.1, -0.05) is 48.0 Å². The van der Waals surface area contributed by atoms with Crippen molar-refractivity contribution >= 4 is 29.1 Å². The molecule has 4 rings (SSSR count). The topological polar surface area (TPSA) is 49.9 Å². The van der Waals surface area contributed by atoms with Crippen molar-refractivity contribution in [2.24, 2.45) is 0 Å². The zero-order valence-corrected chi connectivity index (χ0v) is 16.4. The first-order chi connectivity index (χ1) is 13.6. The molecule has 2 aromatic rings. The molecule has 0 N–H and O–H groups in total. The van der Waals surface area contributed by atoms with Gasteiger partial charge in [-0.05, 0) is 36.6 Å². The third-order valence-electron chi connectivity index (χ3n) is 5.51. The molecule has 2 amide bonds. The van der Waals surface area contributed by atoms with E-state index in [2.05, 4.69) is 0 Å². The molecule has 6 heteroatoms. The lowest BCUT2D eigenvalue weighted by Gasteiger charge is -2.47.